The highest BCUT2D eigenvalue weighted by Gasteiger charge is 2.17. The first kappa shape index (κ1) is 12.6. The Bertz CT molecular complexity index is 545. The monoisotopic (exact) mass is 245 g/mol. The predicted molar refractivity (Wildman–Crippen MR) is 73.4 cm³/mol. The van der Waals surface area contributed by atoms with Crippen LogP contribution < -0.4 is 11.1 Å². The third-order valence-corrected chi connectivity index (χ3v) is 3.21. The first-order valence-electron chi connectivity index (χ1n) is 6.20. The zero-order chi connectivity index (χ0) is 13.1. The number of rotatable bonds is 4. The maximum Gasteiger partial charge on any atom is 0.252 e. The van der Waals surface area contributed by atoms with Crippen LogP contribution >= 0.6 is 0 Å². The van der Waals surface area contributed by atoms with Crippen LogP contribution in [0.5, 0.6) is 0 Å². The fraction of sp³-hybridized carbons (Fsp3) is 0.357. The SMILES string of the molecule is CC(C)C(CN)NC(=O)c1cccc2[nH]ccc12. The van der Waals surface area contributed by atoms with E-state index in [1.807, 2.05) is 30.5 Å². The van der Waals surface area contributed by atoms with Crippen LogP contribution in [0.2, 0.25) is 0 Å². The fourth-order valence-electron chi connectivity index (χ4n) is 2.03. The number of aromatic amines is 1. The lowest BCUT2D eigenvalue weighted by Crippen LogP contribution is -2.43. The summed E-state index contributed by atoms with van der Waals surface area (Å²) in [5, 5.41) is 3.93. The van der Waals surface area contributed by atoms with Crippen LogP contribution in [0.1, 0.15) is 24.2 Å². The zero-order valence-electron chi connectivity index (χ0n) is 10.7. The van der Waals surface area contributed by atoms with Crippen molar-refractivity contribution < 1.29 is 4.79 Å². The summed E-state index contributed by atoms with van der Waals surface area (Å²) >= 11 is 0. The molecule has 0 spiro atoms. The summed E-state index contributed by atoms with van der Waals surface area (Å²) in [6.45, 7) is 4.55. The average Bonchev–Trinajstić information content (AvgIpc) is 2.82. The van der Waals surface area contributed by atoms with Gasteiger partial charge >= 0.3 is 0 Å². The molecule has 4 N–H and O–H groups in total. The highest BCUT2D eigenvalue weighted by atomic mass is 16.1. The Morgan fingerprint density at radius 1 is 1.39 bits per heavy atom. The minimum atomic E-state index is -0.0654. The summed E-state index contributed by atoms with van der Waals surface area (Å²) in [6, 6.07) is 7.58. The molecular formula is C14H19N3O. The van der Waals surface area contributed by atoms with Gasteiger partial charge in [0.1, 0.15) is 0 Å². The molecule has 96 valence electrons. The average molecular weight is 245 g/mol. The Labute approximate surface area is 107 Å². The highest BCUT2D eigenvalue weighted by molar-refractivity contribution is 6.06. The van der Waals surface area contributed by atoms with Crippen molar-refractivity contribution in [2.45, 2.75) is 19.9 Å². The number of nitrogens with one attached hydrogen (secondary N) is 2. The van der Waals surface area contributed by atoms with Gasteiger partial charge in [0.2, 0.25) is 0 Å². The number of benzene rings is 1. The topological polar surface area (TPSA) is 70.9 Å². The number of hydrogen-bond donors (Lipinski definition) is 3. The molecule has 0 aliphatic carbocycles. The molecule has 0 fully saturated rings. The van der Waals surface area contributed by atoms with Crippen molar-refractivity contribution in [1.82, 2.24) is 10.3 Å². The minimum Gasteiger partial charge on any atom is -0.361 e. The van der Waals surface area contributed by atoms with Gasteiger partial charge in [0.25, 0.3) is 5.91 Å². The van der Waals surface area contributed by atoms with Gasteiger partial charge in [-0.3, -0.25) is 4.79 Å². The number of hydrogen-bond acceptors (Lipinski definition) is 2. The van der Waals surface area contributed by atoms with Crippen LogP contribution in [0, 0.1) is 5.92 Å². The second kappa shape index (κ2) is 5.23. The molecule has 4 nitrogen and oxygen atoms in total. The number of carbonyl (C=O) groups excluding carboxylic acids is 1. The van der Waals surface area contributed by atoms with Crippen molar-refractivity contribution in [2.24, 2.45) is 11.7 Å². The van der Waals surface area contributed by atoms with Crippen LogP contribution in [-0.2, 0) is 0 Å². The van der Waals surface area contributed by atoms with E-state index >= 15 is 0 Å². The summed E-state index contributed by atoms with van der Waals surface area (Å²) in [6.07, 6.45) is 1.84. The van der Waals surface area contributed by atoms with Gasteiger partial charge in [-0.2, -0.15) is 0 Å². The molecule has 1 amide bonds. The summed E-state index contributed by atoms with van der Waals surface area (Å²) in [7, 11) is 0. The van der Waals surface area contributed by atoms with E-state index in [1.165, 1.54) is 0 Å². The molecule has 2 aromatic rings. The summed E-state index contributed by atoms with van der Waals surface area (Å²) in [4.78, 5) is 15.4. The van der Waals surface area contributed by atoms with Crippen molar-refractivity contribution in [1.29, 1.82) is 0 Å². The third-order valence-electron chi connectivity index (χ3n) is 3.21. The van der Waals surface area contributed by atoms with Gasteiger partial charge in [0, 0.05) is 35.2 Å². The van der Waals surface area contributed by atoms with E-state index in [9.17, 15) is 4.79 Å². The Hall–Kier alpha value is -1.81. The third kappa shape index (κ3) is 2.38. The maximum absolute atomic E-state index is 12.2. The van der Waals surface area contributed by atoms with Crippen LogP contribution in [0.4, 0.5) is 0 Å². The van der Waals surface area contributed by atoms with Gasteiger partial charge in [-0.05, 0) is 24.1 Å². The molecule has 2 rings (SSSR count). The first-order valence-corrected chi connectivity index (χ1v) is 6.20. The van der Waals surface area contributed by atoms with Gasteiger partial charge in [0.15, 0.2) is 0 Å². The predicted octanol–water partition coefficient (Wildman–Crippen LogP) is 1.88. The molecule has 18 heavy (non-hydrogen) atoms. The molecule has 1 atom stereocenters. The van der Waals surface area contributed by atoms with Crippen molar-refractivity contribution >= 4 is 16.8 Å². The van der Waals surface area contributed by atoms with E-state index in [0.29, 0.717) is 18.0 Å². The molecule has 1 heterocycles. The van der Waals surface area contributed by atoms with Gasteiger partial charge in [-0.1, -0.05) is 19.9 Å². The largest absolute Gasteiger partial charge is 0.361 e. The molecular weight excluding hydrogens is 226 g/mol. The summed E-state index contributed by atoms with van der Waals surface area (Å²) in [5.41, 5.74) is 7.33. The zero-order valence-corrected chi connectivity index (χ0v) is 10.7. The minimum absolute atomic E-state index is 0.00620. The Balaban J connectivity index is 2.26. The van der Waals surface area contributed by atoms with Crippen LogP contribution in [0.3, 0.4) is 0 Å². The van der Waals surface area contributed by atoms with E-state index in [2.05, 4.69) is 24.1 Å². The lowest BCUT2D eigenvalue weighted by Gasteiger charge is -2.20. The highest BCUT2D eigenvalue weighted by Crippen LogP contribution is 2.17. The quantitative estimate of drug-likeness (QED) is 0.769. The standard InChI is InChI=1S/C14H19N3O/c1-9(2)13(8-15)17-14(18)11-4-3-5-12-10(11)6-7-16-12/h3-7,9,13,16H,8,15H2,1-2H3,(H,17,18). The number of H-pyrrole nitrogens is 1. The molecule has 0 aliphatic rings. The molecule has 0 saturated carbocycles. The lowest BCUT2D eigenvalue weighted by atomic mass is 10.0. The number of carbonyl (C=O) groups is 1. The molecule has 4 heteroatoms. The van der Waals surface area contributed by atoms with Crippen LogP contribution in [-0.4, -0.2) is 23.5 Å². The van der Waals surface area contributed by atoms with Crippen molar-refractivity contribution in [3.8, 4) is 0 Å². The molecule has 0 saturated heterocycles. The van der Waals surface area contributed by atoms with E-state index in [-0.39, 0.29) is 11.9 Å². The van der Waals surface area contributed by atoms with E-state index < -0.39 is 0 Å². The molecule has 0 radical (unpaired) electrons. The van der Waals surface area contributed by atoms with Gasteiger partial charge in [0.05, 0.1) is 0 Å². The number of amides is 1. The molecule has 0 bridgehead atoms. The first-order chi connectivity index (χ1) is 8.63. The summed E-state index contributed by atoms with van der Waals surface area (Å²) < 4.78 is 0. The fourth-order valence-corrected chi connectivity index (χ4v) is 2.03. The number of fused-ring (bicyclic) bond motifs is 1. The van der Waals surface area contributed by atoms with Gasteiger partial charge in [-0.15, -0.1) is 0 Å². The van der Waals surface area contributed by atoms with Crippen molar-refractivity contribution in [3.63, 3.8) is 0 Å². The summed E-state index contributed by atoms with van der Waals surface area (Å²) in [5.74, 6) is 0.258. The van der Waals surface area contributed by atoms with E-state index in [1.54, 1.807) is 0 Å². The van der Waals surface area contributed by atoms with Crippen molar-refractivity contribution in [3.05, 3.63) is 36.0 Å². The molecule has 1 aromatic heterocycles. The number of nitrogens with two attached hydrogens (primary N) is 1. The second-order valence-corrected chi connectivity index (χ2v) is 4.80. The van der Waals surface area contributed by atoms with Gasteiger partial charge in [-0.25, -0.2) is 0 Å². The van der Waals surface area contributed by atoms with Gasteiger partial charge < -0.3 is 16.0 Å². The van der Waals surface area contributed by atoms with Crippen LogP contribution in [0.15, 0.2) is 30.5 Å². The van der Waals surface area contributed by atoms with E-state index in [0.717, 1.165) is 10.9 Å². The van der Waals surface area contributed by atoms with Crippen molar-refractivity contribution in [2.75, 3.05) is 6.54 Å². The number of aromatic nitrogens is 1. The normalized spacial score (nSPS) is 12.9. The Morgan fingerprint density at radius 2 is 2.17 bits per heavy atom. The molecule has 1 aromatic carbocycles. The van der Waals surface area contributed by atoms with Crippen LogP contribution in [0.25, 0.3) is 10.9 Å². The molecule has 0 aliphatic heterocycles. The smallest absolute Gasteiger partial charge is 0.252 e. The molecule has 1 unspecified atom stereocenters. The lowest BCUT2D eigenvalue weighted by molar-refractivity contribution is 0.0929. The van der Waals surface area contributed by atoms with E-state index in [4.69, 9.17) is 5.73 Å². The maximum atomic E-state index is 12.2. The second-order valence-electron chi connectivity index (χ2n) is 4.80. The Kier molecular flexibility index (Phi) is 3.67. The Morgan fingerprint density at radius 3 is 2.83 bits per heavy atom.